The van der Waals surface area contributed by atoms with E-state index in [2.05, 4.69) is 15.2 Å². The lowest BCUT2D eigenvalue weighted by Crippen LogP contribution is -2.55. The van der Waals surface area contributed by atoms with Gasteiger partial charge in [0.05, 0.1) is 16.8 Å². The maximum absolute atomic E-state index is 16.5. The minimum atomic E-state index is -4.94. The number of aromatic amines is 1. The molecule has 2 aromatic rings. The fourth-order valence-electron chi connectivity index (χ4n) is 6.18. The van der Waals surface area contributed by atoms with E-state index in [9.17, 15) is 27.6 Å². The zero-order chi connectivity index (χ0) is 32.7. The third kappa shape index (κ3) is 7.03. The van der Waals surface area contributed by atoms with Crippen molar-refractivity contribution >= 4 is 28.9 Å². The summed E-state index contributed by atoms with van der Waals surface area (Å²) in [5.74, 6) is -1.61. The van der Waals surface area contributed by atoms with Gasteiger partial charge in [0.15, 0.2) is 5.82 Å². The lowest BCUT2D eigenvalue weighted by Gasteiger charge is -2.43. The molecule has 45 heavy (non-hydrogen) atoms. The van der Waals surface area contributed by atoms with Crippen molar-refractivity contribution in [3.05, 3.63) is 63.3 Å². The summed E-state index contributed by atoms with van der Waals surface area (Å²) in [7, 11) is 1.99. The van der Waals surface area contributed by atoms with E-state index < -0.39 is 46.3 Å². The van der Waals surface area contributed by atoms with E-state index in [0.29, 0.717) is 50.7 Å². The Hall–Kier alpha value is -3.87. The topological polar surface area (TPSA) is 98.0 Å². The number of likely N-dealkylation sites (N-methyl/N-ethyl adjacent to an activating group) is 1. The normalized spacial score (nSPS) is 22.3. The summed E-state index contributed by atoms with van der Waals surface area (Å²) >= 11 is 0. The van der Waals surface area contributed by atoms with E-state index in [4.69, 9.17) is 4.74 Å². The van der Waals surface area contributed by atoms with Crippen LogP contribution in [0, 0.1) is 5.82 Å². The summed E-state index contributed by atoms with van der Waals surface area (Å²) in [6, 6.07) is 3.34. The van der Waals surface area contributed by atoms with Gasteiger partial charge in [0, 0.05) is 61.8 Å². The van der Waals surface area contributed by atoms with Crippen molar-refractivity contribution in [3.8, 4) is 0 Å². The number of H-pyrrole nitrogens is 1. The molecule has 5 rings (SSSR count). The van der Waals surface area contributed by atoms with Crippen LogP contribution in [-0.2, 0) is 10.9 Å². The van der Waals surface area contributed by atoms with Gasteiger partial charge < -0.3 is 24.8 Å². The SMILES string of the molecule is C[C@@H]1CN(c2cc(NC(=O)c3c[nH]c(=O)cc3C(F)(F)F)cc(C3=CCCN(C(=O)OC4(C)CCC4)CC3)c2F)C[C@H](C)N1C. The number of amides is 2. The molecule has 2 aliphatic heterocycles. The number of hydrogen-bond acceptors (Lipinski definition) is 6. The molecule has 3 aliphatic rings. The van der Waals surface area contributed by atoms with Gasteiger partial charge in [-0.25, -0.2) is 9.18 Å². The van der Waals surface area contributed by atoms with Gasteiger partial charge in [-0.05, 0) is 77.6 Å². The summed E-state index contributed by atoms with van der Waals surface area (Å²) in [5.41, 5.74) is -2.46. The van der Waals surface area contributed by atoms with Gasteiger partial charge in [-0.15, -0.1) is 0 Å². The molecule has 0 bridgehead atoms. The van der Waals surface area contributed by atoms with Crippen molar-refractivity contribution in [1.29, 1.82) is 0 Å². The number of rotatable bonds is 5. The van der Waals surface area contributed by atoms with Crippen LogP contribution in [0.5, 0.6) is 0 Å². The van der Waals surface area contributed by atoms with Crippen molar-refractivity contribution in [3.63, 3.8) is 0 Å². The van der Waals surface area contributed by atoms with Crippen LogP contribution in [0.1, 0.15) is 74.4 Å². The Morgan fingerprint density at radius 1 is 1.09 bits per heavy atom. The number of nitrogens with one attached hydrogen (secondary N) is 2. The van der Waals surface area contributed by atoms with Crippen molar-refractivity contribution in [2.24, 2.45) is 0 Å². The van der Waals surface area contributed by atoms with E-state index in [1.54, 1.807) is 4.90 Å². The number of alkyl halides is 3. The first-order valence-corrected chi connectivity index (χ1v) is 15.2. The molecule has 0 radical (unpaired) electrons. The van der Waals surface area contributed by atoms with Crippen LogP contribution in [0.25, 0.3) is 5.57 Å². The molecule has 0 unspecified atom stereocenters. The van der Waals surface area contributed by atoms with Gasteiger partial charge in [0.25, 0.3) is 5.91 Å². The van der Waals surface area contributed by atoms with Crippen molar-refractivity contribution < 1.29 is 31.9 Å². The smallest absolute Gasteiger partial charge is 0.417 e. The second kappa shape index (κ2) is 12.5. The molecule has 2 N–H and O–H groups in total. The molecular formula is C32H39F4N5O4. The Labute approximate surface area is 259 Å². The lowest BCUT2D eigenvalue weighted by atomic mass is 9.82. The summed E-state index contributed by atoms with van der Waals surface area (Å²) in [6.07, 6.45) is 0.622. The van der Waals surface area contributed by atoms with E-state index in [1.165, 1.54) is 12.1 Å². The van der Waals surface area contributed by atoms with E-state index >= 15 is 4.39 Å². The van der Waals surface area contributed by atoms with Gasteiger partial charge in [-0.2, -0.15) is 13.2 Å². The number of pyridine rings is 1. The number of piperazine rings is 1. The quantitative estimate of drug-likeness (QED) is 0.400. The lowest BCUT2D eigenvalue weighted by molar-refractivity contribution is -0.138. The van der Waals surface area contributed by atoms with Gasteiger partial charge in [0.2, 0.25) is 5.56 Å². The first-order valence-electron chi connectivity index (χ1n) is 15.2. The van der Waals surface area contributed by atoms with Crippen molar-refractivity contribution in [2.45, 2.75) is 76.7 Å². The number of hydrogen-bond donors (Lipinski definition) is 2. The fourth-order valence-corrected chi connectivity index (χ4v) is 6.18. The number of nitrogens with zero attached hydrogens (tertiary/aromatic N) is 3. The molecule has 9 nitrogen and oxygen atoms in total. The van der Waals surface area contributed by atoms with Gasteiger partial charge in [0.1, 0.15) is 5.60 Å². The Kier molecular flexibility index (Phi) is 9.03. The third-order valence-electron chi connectivity index (χ3n) is 9.28. The van der Waals surface area contributed by atoms with Gasteiger partial charge >= 0.3 is 12.3 Å². The summed E-state index contributed by atoms with van der Waals surface area (Å²) in [5, 5.41) is 2.51. The molecule has 1 saturated carbocycles. The van der Waals surface area contributed by atoms with E-state index in [1.807, 2.05) is 38.8 Å². The number of carbonyl (C=O) groups is 2. The van der Waals surface area contributed by atoms with Crippen LogP contribution in [-0.4, -0.2) is 77.7 Å². The number of anilines is 2. The highest BCUT2D eigenvalue weighted by Crippen LogP contribution is 2.38. The Morgan fingerprint density at radius 2 is 1.78 bits per heavy atom. The van der Waals surface area contributed by atoms with E-state index in [0.717, 1.165) is 25.5 Å². The molecule has 0 spiro atoms. The zero-order valence-electron chi connectivity index (χ0n) is 25.9. The minimum Gasteiger partial charge on any atom is -0.443 e. The van der Waals surface area contributed by atoms with Crippen molar-refractivity contribution in [2.75, 3.05) is 43.4 Å². The largest absolute Gasteiger partial charge is 0.443 e. The van der Waals surface area contributed by atoms with Crippen LogP contribution in [0.4, 0.5) is 33.7 Å². The number of carbonyl (C=O) groups excluding carboxylic acids is 2. The highest BCUT2D eigenvalue weighted by atomic mass is 19.4. The first-order chi connectivity index (χ1) is 21.1. The Morgan fingerprint density at radius 3 is 2.40 bits per heavy atom. The molecule has 1 saturated heterocycles. The molecule has 244 valence electrons. The van der Waals surface area contributed by atoms with Gasteiger partial charge in [-0.1, -0.05) is 6.08 Å². The number of ether oxygens (including phenoxy) is 1. The van der Waals surface area contributed by atoms with Crippen LogP contribution >= 0.6 is 0 Å². The number of benzene rings is 1. The second-order valence-electron chi connectivity index (χ2n) is 12.6. The molecule has 2 fully saturated rings. The van der Waals surface area contributed by atoms with Crippen LogP contribution in [0.15, 0.2) is 35.3 Å². The monoisotopic (exact) mass is 633 g/mol. The van der Waals surface area contributed by atoms with Crippen LogP contribution in [0.2, 0.25) is 0 Å². The maximum Gasteiger partial charge on any atom is 0.417 e. The average Bonchev–Trinajstić information content (AvgIpc) is 3.21. The molecule has 2 amide bonds. The van der Waals surface area contributed by atoms with E-state index in [-0.39, 0.29) is 29.0 Å². The standard InChI is InChI=1S/C32H39F4N5O4/c1-19-17-41(18-20(2)39(19)4)26-14-22(38-29(43)24-16-37-27(42)15-25(24)32(34,35)36)13-23(28(26)33)21-7-5-11-40(12-8-21)30(44)45-31(3)9-6-10-31/h7,13-16,19-20H,5-6,8-12,17-18H2,1-4H3,(H,37,42)(H,38,43)/t19-,20+. The highest BCUT2D eigenvalue weighted by Gasteiger charge is 2.38. The minimum absolute atomic E-state index is 0.0829. The molecule has 13 heteroatoms. The number of aromatic nitrogens is 1. The molecule has 1 aromatic heterocycles. The van der Waals surface area contributed by atoms with Crippen LogP contribution < -0.4 is 15.8 Å². The molecule has 2 atom stereocenters. The fraction of sp³-hybridized carbons (Fsp3) is 0.531. The highest BCUT2D eigenvalue weighted by molar-refractivity contribution is 6.05. The maximum atomic E-state index is 16.5. The van der Waals surface area contributed by atoms with Crippen LogP contribution in [0.3, 0.4) is 0 Å². The third-order valence-corrected chi connectivity index (χ3v) is 9.28. The molecular weight excluding hydrogens is 594 g/mol. The predicted octanol–water partition coefficient (Wildman–Crippen LogP) is 5.87. The summed E-state index contributed by atoms with van der Waals surface area (Å²) in [4.78, 5) is 45.5. The van der Waals surface area contributed by atoms with Crippen molar-refractivity contribution in [1.82, 2.24) is 14.8 Å². The molecule has 1 aliphatic carbocycles. The summed E-state index contributed by atoms with van der Waals surface area (Å²) in [6.45, 7) is 7.62. The zero-order valence-corrected chi connectivity index (χ0v) is 25.9. The summed E-state index contributed by atoms with van der Waals surface area (Å²) < 4.78 is 63.3. The first kappa shape index (κ1) is 32.5. The molecule has 1 aromatic carbocycles. The predicted molar refractivity (Wildman–Crippen MR) is 163 cm³/mol. The Balaban J connectivity index is 1.47. The van der Waals surface area contributed by atoms with Gasteiger partial charge in [-0.3, -0.25) is 14.5 Å². The number of halogens is 4. The Bertz CT molecular complexity index is 1540. The second-order valence-corrected chi connectivity index (χ2v) is 12.6. The molecule has 3 heterocycles. The average molecular weight is 634 g/mol.